The maximum Gasteiger partial charge on any atom is 0.338 e. The molecule has 0 aromatic heterocycles. The minimum absolute atomic E-state index is 0.146. The van der Waals surface area contributed by atoms with E-state index < -0.39 is 29.4 Å². The van der Waals surface area contributed by atoms with Gasteiger partial charge < -0.3 is 14.2 Å². The number of unbranched alkanes of at least 4 members (excludes halogenated alkanes) is 1. The van der Waals surface area contributed by atoms with Crippen molar-refractivity contribution in [3.05, 3.63) is 0 Å². The lowest BCUT2D eigenvalue weighted by Gasteiger charge is -2.28. The molecule has 1 aliphatic rings. The van der Waals surface area contributed by atoms with E-state index in [2.05, 4.69) is 5.32 Å². The summed E-state index contributed by atoms with van der Waals surface area (Å²) in [7, 11) is 3.56. The van der Waals surface area contributed by atoms with E-state index in [-0.39, 0.29) is 6.04 Å². The van der Waals surface area contributed by atoms with Crippen LogP contribution < -0.4 is 5.32 Å². The van der Waals surface area contributed by atoms with Gasteiger partial charge in [-0.1, -0.05) is 19.8 Å². The van der Waals surface area contributed by atoms with Crippen LogP contribution in [0.25, 0.3) is 0 Å². The lowest BCUT2D eigenvalue weighted by Crippen LogP contribution is -2.62. The first kappa shape index (κ1) is 17.4. The summed E-state index contributed by atoms with van der Waals surface area (Å²) in [6.07, 6.45) is 2.98. The lowest BCUT2D eigenvalue weighted by atomic mass is 9.84. The molecule has 1 saturated heterocycles. The predicted molar refractivity (Wildman–Crippen MR) is 73.3 cm³/mol. The van der Waals surface area contributed by atoms with Crippen LogP contribution in [0.15, 0.2) is 0 Å². The number of hydrogen-bond acceptors (Lipinski definition) is 7. The second kappa shape index (κ2) is 7.40. The molecule has 1 fully saturated rings. The zero-order valence-corrected chi connectivity index (χ0v) is 12.9. The number of hydrogen-bond donors (Lipinski definition) is 1. The van der Waals surface area contributed by atoms with Crippen molar-refractivity contribution < 1.29 is 28.6 Å². The van der Waals surface area contributed by atoms with E-state index in [1.54, 1.807) is 0 Å². The summed E-state index contributed by atoms with van der Waals surface area (Å²) in [6, 6.07) is -0.146. The number of carbonyl (C=O) groups is 3. The highest BCUT2D eigenvalue weighted by atomic mass is 16.6. The molecular weight excluding hydrogens is 278 g/mol. The van der Waals surface area contributed by atoms with Gasteiger partial charge in [-0.15, -0.1) is 0 Å². The van der Waals surface area contributed by atoms with Gasteiger partial charge in [0.15, 0.2) is 0 Å². The van der Waals surface area contributed by atoms with E-state index in [4.69, 9.17) is 14.2 Å². The first-order chi connectivity index (χ1) is 9.97. The SMILES string of the molecule is CCCC[C@@H]1C[C@H](C(=O)OC)C(C(=O)OC)(C(=O)OC)N1. The fourth-order valence-corrected chi connectivity index (χ4v) is 2.81. The Balaban J connectivity index is 3.17. The highest BCUT2D eigenvalue weighted by Crippen LogP contribution is 2.35. The van der Waals surface area contributed by atoms with Crippen LogP contribution in [0, 0.1) is 5.92 Å². The van der Waals surface area contributed by atoms with Crippen LogP contribution in [0.1, 0.15) is 32.6 Å². The van der Waals surface area contributed by atoms with Crippen molar-refractivity contribution in [3.8, 4) is 0 Å². The Hall–Kier alpha value is -1.63. The Morgan fingerprint density at radius 3 is 2.10 bits per heavy atom. The highest BCUT2D eigenvalue weighted by Gasteiger charge is 2.63. The van der Waals surface area contributed by atoms with Crippen molar-refractivity contribution in [2.45, 2.75) is 44.2 Å². The molecule has 0 bridgehead atoms. The first-order valence-corrected chi connectivity index (χ1v) is 7.00. The summed E-state index contributed by atoms with van der Waals surface area (Å²) in [6.45, 7) is 2.04. The van der Waals surface area contributed by atoms with E-state index in [1.165, 1.54) is 21.3 Å². The van der Waals surface area contributed by atoms with Gasteiger partial charge in [-0.05, 0) is 12.8 Å². The number of nitrogens with one attached hydrogen (secondary N) is 1. The monoisotopic (exact) mass is 301 g/mol. The molecule has 0 aromatic carbocycles. The predicted octanol–water partition coefficient (Wildman–Crippen LogP) is 0.413. The minimum atomic E-state index is -1.82. The van der Waals surface area contributed by atoms with Gasteiger partial charge in [0, 0.05) is 6.04 Å². The van der Waals surface area contributed by atoms with Crippen LogP contribution in [-0.2, 0) is 28.6 Å². The van der Waals surface area contributed by atoms with E-state index in [0.717, 1.165) is 19.3 Å². The Labute approximate surface area is 124 Å². The third-order valence-corrected chi connectivity index (χ3v) is 3.88. The van der Waals surface area contributed by atoms with E-state index >= 15 is 0 Å². The molecule has 7 nitrogen and oxygen atoms in total. The number of carbonyl (C=O) groups excluding carboxylic acids is 3. The average Bonchev–Trinajstić information content (AvgIpc) is 2.91. The van der Waals surface area contributed by atoms with Gasteiger partial charge in [-0.3, -0.25) is 10.1 Å². The largest absolute Gasteiger partial charge is 0.469 e. The van der Waals surface area contributed by atoms with Gasteiger partial charge in [-0.25, -0.2) is 9.59 Å². The molecule has 0 spiro atoms. The van der Waals surface area contributed by atoms with Gasteiger partial charge in [0.05, 0.1) is 27.2 Å². The van der Waals surface area contributed by atoms with Crippen molar-refractivity contribution in [1.82, 2.24) is 5.32 Å². The number of methoxy groups -OCH3 is 3. The molecule has 0 unspecified atom stereocenters. The summed E-state index contributed by atoms with van der Waals surface area (Å²) in [4.78, 5) is 36.4. The number of esters is 3. The molecule has 0 saturated carbocycles. The zero-order chi connectivity index (χ0) is 16.0. The van der Waals surface area contributed by atoms with Crippen LogP contribution in [-0.4, -0.2) is 50.8 Å². The smallest absolute Gasteiger partial charge is 0.338 e. The van der Waals surface area contributed by atoms with Gasteiger partial charge in [0.2, 0.25) is 5.54 Å². The molecule has 1 rings (SSSR count). The van der Waals surface area contributed by atoms with Crippen LogP contribution in [0.4, 0.5) is 0 Å². The van der Waals surface area contributed by atoms with Gasteiger partial charge in [0.25, 0.3) is 0 Å². The van der Waals surface area contributed by atoms with Crippen LogP contribution in [0.2, 0.25) is 0 Å². The average molecular weight is 301 g/mol. The molecule has 120 valence electrons. The Kier molecular flexibility index (Phi) is 6.14. The van der Waals surface area contributed by atoms with E-state index in [1.807, 2.05) is 6.92 Å². The molecule has 1 N–H and O–H groups in total. The summed E-state index contributed by atoms with van der Waals surface area (Å²) in [5.41, 5.74) is -1.82. The molecule has 2 atom stereocenters. The fraction of sp³-hybridized carbons (Fsp3) is 0.786. The normalized spacial score (nSPS) is 23.4. The minimum Gasteiger partial charge on any atom is -0.469 e. The summed E-state index contributed by atoms with van der Waals surface area (Å²) in [5, 5.41) is 2.96. The summed E-state index contributed by atoms with van der Waals surface area (Å²) >= 11 is 0. The molecule has 1 heterocycles. The third kappa shape index (κ3) is 3.18. The van der Waals surface area contributed by atoms with Crippen molar-refractivity contribution in [3.63, 3.8) is 0 Å². The zero-order valence-electron chi connectivity index (χ0n) is 12.9. The third-order valence-electron chi connectivity index (χ3n) is 3.88. The standard InChI is InChI=1S/C14H23NO6/c1-5-6-7-9-8-10(11(16)19-2)14(15-9,12(17)20-3)13(18)21-4/h9-10,15H,5-8H2,1-4H3/t9-,10-/m1/s1. The van der Waals surface area contributed by atoms with Crippen LogP contribution >= 0.6 is 0 Å². The maximum atomic E-state index is 12.2. The number of rotatable bonds is 6. The van der Waals surface area contributed by atoms with Crippen LogP contribution in [0.5, 0.6) is 0 Å². The quantitative estimate of drug-likeness (QED) is 0.431. The van der Waals surface area contributed by atoms with Gasteiger partial charge >= 0.3 is 17.9 Å². The molecule has 0 aliphatic carbocycles. The molecule has 7 heteroatoms. The first-order valence-electron chi connectivity index (χ1n) is 7.00. The van der Waals surface area contributed by atoms with E-state index in [0.29, 0.717) is 6.42 Å². The topological polar surface area (TPSA) is 90.9 Å². The Bertz CT molecular complexity index is 392. The molecule has 0 radical (unpaired) electrons. The molecule has 1 aliphatic heterocycles. The second-order valence-electron chi connectivity index (χ2n) is 5.09. The van der Waals surface area contributed by atoms with Crippen molar-refractivity contribution in [2.24, 2.45) is 5.92 Å². The maximum absolute atomic E-state index is 12.2. The second-order valence-corrected chi connectivity index (χ2v) is 5.09. The fourth-order valence-electron chi connectivity index (χ4n) is 2.81. The molecule has 0 aromatic rings. The molecule has 21 heavy (non-hydrogen) atoms. The summed E-state index contributed by atoms with van der Waals surface area (Å²) in [5.74, 6) is -3.24. The van der Waals surface area contributed by atoms with Crippen LogP contribution in [0.3, 0.4) is 0 Å². The van der Waals surface area contributed by atoms with Gasteiger partial charge in [0.1, 0.15) is 0 Å². The summed E-state index contributed by atoms with van der Waals surface area (Å²) < 4.78 is 14.2. The Morgan fingerprint density at radius 2 is 1.67 bits per heavy atom. The van der Waals surface area contributed by atoms with Crippen molar-refractivity contribution in [1.29, 1.82) is 0 Å². The Morgan fingerprint density at radius 1 is 1.10 bits per heavy atom. The van der Waals surface area contributed by atoms with E-state index in [9.17, 15) is 14.4 Å². The molecular formula is C14H23NO6. The molecule has 0 amide bonds. The van der Waals surface area contributed by atoms with Gasteiger partial charge in [-0.2, -0.15) is 0 Å². The lowest BCUT2D eigenvalue weighted by molar-refractivity contribution is -0.171. The number of ether oxygens (including phenoxy) is 3. The highest BCUT2D eigenvalue weighted by molar-refractivity contribution is 6.09. The van der Waals surface area contributed by atoms with Crippen molar-refractivity contribution >= 4 is 17.9 Å². The van der Waals surface area contributed by atoms with Crippen molar-refractivity contribution in [2.75, 3.05) is 21.3 Å².